The van der Waals surface area contributed by atoms with E-state index in [0.717, 1.165) is 38.5 Å². The smallest absolute Gasteiger partial charge is 0.280 e. The van der Waals surface area contributed by atoms with Crippen LogP contribution in [0.15, 0.2) is 36.2 Å². The number of carbonyl (C=O) groups is 2. The van der Waals surface area contributed by atoms with Gasteiger partial charge in [0.2, 0.25) is 5.91 Å². The molecule has 1 aromatic rings. The van der Waals surface area contributed by atoms with E-state index in [1.54, 1.807) is 24.3 Å². The van der Waals surface area contributed by atoms with Crippen molar-refractivity contribution in [1.82, 2.24) is 10.2 Å². The minimum Gasteiger partial charge on any atom is -0.341 e. The van der Waals surface area contributed by atoms with Crippen LogP contribution in [-0.4, -0.2) is 35.8 Å². The summed E-state index contributed by atoms with van der Waals surface area (Å²) in [6.07, 6.45) is 7.35. The standard InChI is InChI=1S/C24H37FN2O2/c1-5-7-12-16-27(17-13-8-6-2)24(29)22(19(3)4)26-23(28)21(25)18-20-14-10-9-11-15-20/h9-11,14-15,18-19,22H,5-8,12-13,16-17H2,1-4H3,(H,26,28)/t22-/m1/s1. The third kappa shape index (κ3) is 9.25. The number of rotatable bonds is 13. The molecule has 0 saturated heterocycles. The summed E-state index contributed by atoms with van der Waals surface area (Å²) in [6, 6.07) is 8.10. The Balaban J connectivity index is 2.86. The minimum atomic E-state index is -0.891. The van der Waals surface area contributed by atoms with Crippen molar-refractivity contribution in [1.29, 1.82) is 0 Å². The van der Waals surface area contributed by atoms with Crippen molar-refractivity contribution in [2.45, 2.75) is 72.3 Å². The van der Waals surface area contributed by atoms with Gasteiger partial charge in [0.15, 0.2) is 5.83 Å². The van der Waals surface area contributed by atoms with E-state index in [-0.39, 0.29) is 11.8 Å². The molecule has 29 heavy (non-hydrogen) atoms. The molecule has 0 saturated carbocycles. The number of hydrogen-bond acceptors (Lipinski definition) is 2. The van der Waals surface area contributed by atoms with E-state index in [4.69, 9.17) is 0 Å². The highest BCUT2D eigenvalue weighted by Gasteiger charge is 2.29. The van der Waals surface area contributed by atoms with Gasteiger partial charge in [-0.25, -0.2) is 4.39 Å². The topological polar surface area (TPSA) is 49.4 Å². The van der Waals surface area contributed by atoms with Crippen molar-refractivity contribution < 1.29 is 14.0 Å². The largest absolute Gasteiger partial charge is 0.341 e. The Hall–Kier alpha value is -2.17. The lowest BCUT2D eigenvalue weighted by Crippen LogP contribution is -2.51. The van der Waals surface area contributed by atoms with E-state index >= 15 is 0 Å². The second kappa shape index (κ2) is 13.9. The molecule has 1 aromatic carbocycles. The second-order valence-corrected chi connectivity index (χ2v) is 7.84. The number of nitrogens with zero attached hydrogens (tertiary/aromatic N) is 1. The van der Waals surface area contributed by atoms with Crippen LogP contribution in [-0.2, 0) is 9.59 Å². The van der Waals surface area contributed by atoms with Crippen LogP contribution in [0.1, 0.15) is 71.8 Å². The van der Waals surface area contributed by atoms with Gasteiger partial charge >= 0.3 is 0 Å². The van der Waals surface area contributed by atoms with Crippen LogP contribution in [0.4, 0.5) is 4.39 Å². The molecule has 0 aliphatic rings. The molecule has 0 heterocycles. The fraction of sp³-hybridized carbons (Fsp3) is 0.583. The normalized spacial score (nSPS) is 12.7. The third-order valence-corrected chi connectivity index (χ3v) is 4.90. The predicted molar refractivity (Wildman–Crippen MR) is 118 cm³/mol. The average Bonchev–Trinajstić information content (AvgIpc) is 2.71. The Morgan fingerprint density at radius 1 is 1.00 bits per heavy atom. The van der Waals surface area contributed by atoms with Gasteiger partial charge in [0.1, 0.15) is 6.04 Å². The molecule has 0 unspecified atom stereocenters. The summed E-state index contributed by atoms with van der Waals surface area (Å²) in [6.45, 7) is 9.36. The molecule has 0 bridgehead atoms. The summed E-state index contributed by atoms with van der Waals surface area (Å²) in [5, 5.41) is 2.62. The fourth-order valence-electron chi connectivity index (χ4n) is 3.12. The van der Waals surface area contributed by atoms with Crippen LogP contribution in [0.3, 0.4) is 0 Å². The summed E-state index contributed by atoms with van der Waals surface area (Å²) < 4.78 is 14.4. The van der Waals surface area contributed by atoms with Gasteiger partial charge < -0.3 is 10.2 Å². The van der Waals surface area contributed by atoms with Gasteiger partial charge in [-0.05, 0) is 30.4 Å². The van der Waals surface area contributed by atoms with Crippen molar-refractivity contribution in [3.63, 3.8) is 0 Å². The number of nitrogens with one attached hydrogen (secondary N) is 1. The Morgan fingerprint density at radius 2 is 1.55 bits per heavy atom. The first kappa shape index (κ1) is 24.9. The van der Waals surface area contributed by atoms with E-state index < -0.39 is 17.8 Å². The lowest BCUT2D eigenvalue weighted by Gasteiger charge is -2.30. The number of hydrogen-bond donors (Lipinski definition) is 1. The zero-order valence-electron chi connectivity index (χ0n) is 18.4. The zero-order chi connectivity index (χ0) is 21.6. The molecule has 2 amide bonds. The van der Waals surface area contributed by atoms with Crippen molar-refractivity contribution in [3.05, 3.63) is 41.7 Å². The fourth-order valence-corrected chi connectivity index (χ4v) is 3.12. The molecule has 162 valence electrons. The van der Waals surface area contributed by atoms with Crippen LogP contribution in [0.5, 0.6) is 0 Å². The maximum Gasteiger partial charge on any atom is 0.280 e. The SMILES string of the molecule is CCCCCN(CCCCC)C(=O)[C@H](NC(=O)C(F)=Cc1ccccc1)C(C)C. The van der Waals surface area contributed by atoms with E-state index in [1.807, 2.05) is 24.8 Å². The Morgan fingerprint density at radius 3 is 2.03 bits per heavy atom. The average molecular weight is 405 g/mol. The molecule has 0 spiro atoms. The molecule has 1 rings (SSSR count). The molecular formula is C24H37FN2O2. The number of halogens is 1. The highest BCUT2D eigenvalue weighted by atomic mass is 19.1. The molecular weight excluding hydrogens is 367 g/mol. The van der Waals surface area contributed by atoms with Crippen molar-refractivity contribution in [2.75, 3.05) is 13.1 Å². The van der Waals surface area contributed by atoms with Gasteiger partial charge in [0.25, 0.3) is 5.91 Å². The zero-order valence-corrected chi connectivity index (χ0v) is 18.4. The molecule has 1 atom stereocenters. The first-order valence-electron chi connectivity index (χ1n) is 10.9. The second-order valence-electron chi connectivity index (χ2n) is 7.84. The van der Waals surface area contributed by atoms with Gasteiger partial charge in [0.05, 0.1) is 0 Å². The van der Waals surface area contributed by atoms with Crippen molar-refractivity contribution >= 4 is 17.9 Å². The van der Waals surface area contributed by atoms with Gasteiger partial charge in [-0.3, -0.25) is 9.59 Å². The lowest BCUT2D eigenvalue weighted by molar-refractivity contribution is -0.137. The summed E-state index contributed by atoms with van der Waals surface area (Å²) in [5.41, 5.74) is 0.605. The monoisotopic (exact) mass is 404 g/mol. The molecule has 1 N–H and O–H groups in total. The molecule has 0 fully saturated rings. The summed E-state index contributed by atoms with van der Waals surface area (Å²) in [5.74, 6) is -1.98. The Kier molecular flexibility index (Phi) is 11.9. The summed E-state index contributed by atoms with van der Waals surface area (Å²) >= 11 is 0. The maximum absolute atomic E-state index is 14.4. The Labute approximate surface area is 175 Å². The predicted octanol–water partition coefficient (Wildman–Crippen LogP) is 5.35. The molecule has 0 aromatic heterocycles. The molecule has 0 radical (unpaired) electrons. The highest BCUT2D eigenvalue weighted by Crippen LogP contribution is 2.13. The molecule has 0 aliphatic carbocycles. The number of amides is 2. The van der Waals surface area contributed by atoms with Gasteiger partial charge in [-0.2, -0.15) is 0 Å². The quantitative estimate of drug-likeness (QED) is 0.356. The van der Waals surface area contributed by atoms with Gasteiger partial charge in [-0.1, -0.05) is 83.7 Å². The molecule has 0 aliphatic heterocycles. The van der Waals surface area contributed by atoms with E-state index in [1.165, 1.54) is 6.08 Å². The Bertz CT molecular complexity index is 634. The van der Waals surface area contributed by atoms with E-state index in [9.17, 15) is 14.0 Å². The first-order chi connectivity index (χ1) is 13.9. The first-order valence-corrected chi connectivity index (χ1v) is 10.9. The van der Waals surface area contributed by atoms with Gasteiger partial charge in [0, 0.05) is 13.1 Å². The maximum atomic E-state index is 14.4. The minimum absolute atomic E-state index is 0.118. The van der Waals surface area contributed by atoms with Crippen molar-refractivity contribution in [2.24, 2.45) is 5.92 Å². The van der Waals surface area contributed by atoms with Crippen LogP contribution in [0.25, 0.3) is 6.08 Å². The van der Waals surface area contributed by atoms with Crippen LogP contribution >= 0.6 is 0 Å². The number of carbonyl (C=O) groups excluding carboxylic acids is 2. The third-order valence-electron chi connectivity index (χ3n) is 4.90. The van der Waals surface area contributed by atoms with Crippen molar-refractivity contribution in [3.8, 4) is 0 Å². The van der Waals surface area contributed by atoms with E-state index in [0.29, 0.717) is 18.7 Å². The summed E-state index contributed by atoms with van der Waals surface area (Å²) in [7, 11) is 0. The van der Waals surface area contributed by atoms with Crippen LogP contribution in [0.2, 0.25) is 0 Å². The molecule has 4 nitrogen and oxygen atoms in total. The van der Waals surface area contributed by atoms with Gasteiger partial charge in [-0.15, -0.1) is 0 Å². The number of benzene rings is 1. The summed E-state index contributed by atoms with van der Waals surface area (Å²) in [4.78, 5) is 27.4. The number of unbranched alkanes of at least 4 members (excludes halogenated alkanes) is 4. The van der Waals surface area contributed by atoms with E-state index in [2.05, 4.69) is 19.2 Å². The molecule has 5 heteroatoms. The lowest BCUT2D eigenvalue weighted by atomic mass is 10.0. The van der Waals surface area contributed by atoms with Crippen LogP contribution in [0, 0.1) is 5.92 Å². The highest BCUT2D eigenvalue weighted by molar-refractivity contribution is 5.98. The van der Waals surface area contributed by atoms with Crippen LogP contribution < -0.4 is 5.32 Å².